The van der Waals surface area contributed by atoms with Gasteiger partial charge in [-0.25, -0.2) is 0 Å². The highest BCUT2D eigenvalue weighted by Crippen LogP contribution is 2.35. The normalized spacial score (nSPS) is 18.2. The summed E-state index contributed by atoms with van der Waals surface area (Å²) in [6.07, 6.45) is 4.51. The highest BCUT2D eigenvalue weighted by molar-refractivity contribution is 5.87. The van der Waals surface area contributed by atoms with Crippen molar-refractivity contribution in [1.82, 2.24) is 9.88 Å². The first-order valence-electron chi connectivity index (χ1n) is 9.08. The molecule has 1 aromatic carbocycles. The molecule has 0 atom stereocenters. The van der Waals surface area contributed by atoms with Crippen molar-refractivity contribution in [3.63, 3.8) is 0 Å². The molecule has 0 saturated carbocycles. The minimum atomic E-state index is 0.391. The van der Waals surface area contributed by atoms with Crippen molar-refractivity contribution >= 4 is 10.9 Å². The van der Waals surface area contributed by atoms with E-state index in [9.17, 15) is 0 Å². The fraction of sp³-hybridized carbons (Fsp3) is 0.571. The van der Waals surface area contributed by atoms with Gasteiger partial charge in [0, 0.05) is 23.7 Å². The maximum atomic E-state index is 5.58. The fourth-order valence-corrected chi connectivity index (χ4v) is 3.71. The molecule has 130 valence electrons. The van der Waals surface area contributed by atoms with Crippen LogP contribution in [0, 0.1) is 5.41 Å². The number of hydrogen-bond acceptors (Lipinski definition) is 3. The first-order valence-corrected chi connectivity index (χ1v) is 9.08. The topological polar surface area (TPSA) is 25.4 Å². The maximum Gasteiger partial charge on any atom is 0.124 e. The number of pyridine rings is 1. The number of benzene rings is 1. The van der Waals surface area contributed by atoms with E-state index in [1.165, 1.54) is 42.4 Å². The van der Waals surface area contributed by atoms with E-state index in [2.05, 4.69) is 55.8 Å². The molecular weight excluding hydrogens is 296 g/mol. The molecule has 0 spiro atoms. The van der Waals surface area contributed by atoms with E-state index in [4.69, 9.17) is 4.74 Å². The van der Waals surface area contributed by atoms with E-state index >= 15 is 0 Å². The van der Waals surface area contributed by atoms with Gasteiger partial charge < -0.3 is 4.74 Å². The summed E-state index contributed by atoms with van der Waals surface area (Å²) in [5.74, 6) is 1.34. The van der Waals surface area contributed by atoms with Gasteiger partial charge in [0.05, 0.1) is 12.6 Å². The standard InChI is InChI=1S/C21H30N2O/c1-15(2)19-18(24-5)7-6-17-16(8-11-22-20(17)19)14-23-12-9-21(3,4)10-13-23/h6-8,11,15H,9-10,12-14H2,1-5H3. The van der Waals surface area contributed by atoms with Crippen molar-refractivity contribution in [2.24, 2.45) is 5.41 Å². The summed E-state index contributed by atoms with van der Waals surface area (Å²) in [4.78, 5) is 7.27. The average molecular weight is 326 g/mol. The average Bonchev–Trinajstić information content (AvgIpc) is 2.55. The van der Waals surface area contributed by atoms with Crippen LogP contribution in [0.5, 0.6) is 5.75 Å². The van der Waals surface area contributed by atoms with Gasteiger partial charge >= 0.3 is 0 Å². The molecule has 1 aliphatic rings. The molecule has 1 aliphatic heterocycles. The van der Waals surface area contributed by atoms with Gasteiger partial charge in [0.15, 0.2) is 0 Å². The number of fused-ring (bicyclic) bond motifs is 1. The van der Waals surface area contributed by atoms with Gasteiger partial charge in [0.1, 0.15) is 5.75 Å². The highest BCUT2D eigenvalue weighted by Gasteiger charge is 2.25. The SMILES string of the molecule is COc1ccc2c(CN3CCC(C)(C)CC3)ccnc2c1C(C)C. The molecule has 1 saturated heterocycles. The van der Waals surface area contributed by atoms with Crippen LogP contribution in [0.3, 0.4) is 0 Å². The van der Waals surface area contributed by atoms with Gasteiger partial charge in [0.2, 0.25) is 0 Å². The van der Waals surface area contributed by atoms with Gasteiger partial charge in [0.25, 0.3) is 0 Å². The summed E-state index contributed by atoms with van der Waals surface area (Å²) in [6, 6.07) is 6.46. The molecule has 0 aliphatic carbocycles. The smallest absolute Gasteiger partial charge is 0.124 e. The Hall–Kier alpha value is -1.61. The van der Waals surface area contributed by atoms with Crippen LogP contribution < -0.4 is 4.74 Å². The first-order chi connectivity index (χ1) is 11.4. The molecule has 0 bridgehead atoms. The highest BCUT2D eigenvalue weighted by atomic mass is 16.5. The molecule has 1 fully saturated rings. The lowest BCUT2D eigenvalue weighted by Gasteiger charge is -2.37. The fourth-order valence-electron chi connectivity index (χ4n) is 3.71. The Kier molecular flexibility index (Phi) is 4.82. The minimum absolute atomic E-state index is 0.391. The molecule has 2 heterocycles. The Balaban J connectivity index is 1.94. The minimum Gasteiger partial charge on any atom is -0.496 e. The summed E-state index contributed by atoms with van der Waals surface area (Å²) in [5.41, 5.74) is 4.19. The lowest BCUT2D eigenvalue weighted by molar-refractivity contribution is 0.127. The summed E-state index contributed by atoms with van der Waals surface area (Å²) in [5, 5.41) is 1.27. The monoisotopic (exact) mass is 326 g/mol. The van der Waals surface area contributed by atoms with Crippen molar-refractivity contribution in [1.29, 1.82) is 0 Å². The number of likely N-dealkylation sites (tertiary alicyclic amines) is 1. The second-order valence-corrected chi connectivity index (χ2v) is 8.14. The van der Waals surface area contributed by atoms with Crippen molar-refractivity contribution in [3.05, 3.63) is 35.5 Å². The van der Waals surface area contributed by atoms with E-state index in [-0.39, 0.29) is 0 Å². The molecular formula is C21H30N2O. The molecule has 24 heavy (non-hydrogen) atoms. The van der Waals surface area contributed by atoms with Crippen molar-refractivity contribution in [2.45, 2.75) is 53.0 Å². The van der Waals surface area contributed by atoms with Gasteiger partial charge in [-0.3, -0.25) is 9.88 Å². The Morgan fingerprint density at radius 3 is 2.50 bits per heavy atom. The molecule has 0 radical (unpaired) electrons. The predicted octanol–water partition coefficient (Wildman–Crippen LogP) is 4.99. The van der Waals surface area contributed by atoms with E-state index in [0.717, 1.165) is 17.8 Å². The zero-order valence-electron chi connectivity index (χ0n) is 15.7. The summed E-state index contributed by atoms with van der Waals surface area (Å²) >= 11 is 0. The molecule has 2 aromatic rings. The number of piperidine rings is 1. The van der Waals surface area contributed by atoms with Crippen LogP contribution >= 0.6 is 0 Å². The van der Waals surface area contributed by atoms with Crippen molar-refractivity contribution in [3.8, 4) is 5.75 Å². The third kappa shape index (κ3) is 3.41. The van der Waals surface area contributed by atoms with E-state index in [0.29, 0.717) is 11.3 Å². The molecule has 1 aromatic heterocycles. The lowest BCUT2D eigenvalue weighted by Crippen LogP contribution is -2.36. The van der Waals surface area contributed by atoms with Crippen LogP contribution in [0.1, 0.15) is 57.6 Å². The molecule has 0 amide bonds. The number of aromatic nitrogens is 1. The first kappa shape index (κ1) is 17.2. The lowest BCUT2D eigenvalue weighted by atomic mass is 9.82. The van der Waals surface area contributed by atoms with E-state index in [1.54, 1.807) is 7.11 Å². The molecule has 3 nitrogen and oxygen atoms in total. The predicted molar refractivity (Wildman–Crippen MR) is 101 cm³/mol. The number of nitrogens with zero attached hydrogens (tertiary/aromatic N) is 2. The number of ether oxygens (including phenoxy) is 1. The van der Waals surface area contributed by atoms with Gasteiger partial charge in [-0.15, -0.1) is 0 Å². The Labute approximate surface area is 146 Å². The quantitative estimate of drug-likeness (QED) is 0.791. The van der Waals surface area contributed by atoms with Crippen LogP contribution in [0.15, 0.2) is 24.4 Å². The molecule has 0 unspecified atom stereocenters. The second kappa shape index (κ2) is 6.72. The van der Waals surface area contributed by atoms with Crippen LogP contribution in [0.2, 0.25) is 0 Å². The zero-order chi connectivity index (χ0) is 17.3. The molecule has 3 rings (SSSR count). The zero-order valence-corrected chi connectivity index (χ0v) is 15.7. The molecule has 3 heteroatoms. The summed E-state index contributed by atoms with van der Waals surface area (Å²) < 4.78 is 5.58. The van der Waals surface area contributed by atoms with Crippen molar-refractivity contribution in [2.75, 3.05) is 20.2 Å². The number of hydrogen-bond donors (Lipinski definition) is 0. The van der Waals surface area contributed by atoms with Crippen LogP contribution in [-0.4, -0.2) is 30.1 Å². The van der Waals surface area contributed by atoms with Crippen LogP contribution in [0.4, 0.5) is 0 Å². The Morgan fingerprint density at radius 1 is 1.17 bits per heavy atom. The van der Waals surface area contributed by atoms with Crippen molar-refractivity contribution < 1.29 is 4.74 Å². The Bertz CT molecular complexity index is 711. The third-order valence-electron chi connectivity index (χ3n) is 5.40. The van der Waals surface area contributed by atoms with Gasteiger partial charge in [-0.05, 0) is 61.0 Å². The Morgan fingerprint density at radius 2 is 1.88 bits per heavy atom. The van der Waals surface area contributed by atoms with Crippen LogP contribution in [-0.2, 0) is 6.54 Å². The second-order valence-electron chi connectivity index (χ2n) is 8.14. The van der Waals surface area contributed by atoms with E-state index < -0.39 is 0 Å². The van der Waals surface area contributed by atoms with Crippen LogP contribution in [0.25, 0.3) is 10.9 Å². The van der Waals surface area contributed by atoms with Gasteiger partial charge in [-0.2, -0.15) is 0 Å². The number of rotatable bonds is 4. The van der Waals surface area contributed by atoms with E-state index in [1.807, 2.05) is 6.20 Å². The number of methoxy groups -OCH3 is 1. The maximum absolute atomic E-state index is 5.58. The largest absolute Gasteiger partial charge is 0.496 e. The molecule has 0 N–H and O–H groups in total. The summed E-state index contributed by atoms with van der Waals surface area (Å²) in [7, 11) is 1.74. The third-order valence-corrected chi connectivity index (χ3v) is 5.40. The summed E-state index contributed by atoms with van der Waals surface area (Å²) in [6.45, 7) is 12.6. The van der Waals surface area contributed by atoms with Gasteiger partial charge in [-0.1, -0.05) is 27.7 Å².